The molecule has 0 bridgehead atoms. The zero-order valence-electron chi connectivity index (χ0n) is 10.6. The molecule has 0 aliphatic carbocycles. The van der Waals surface area contributed by atoms with Crippen LogP contribution in [0.2, 0.25) is 0 Å². The number of aromatic nitrogens is 1. The average molecular weight is 283 g/mol. The first-order valence-corrected chi connectivity index (χ1v) is 5.82. The van der Waals surface area contributed by atoms with Crippen molar-refractivity contribution in [2.45, 2.75) is 19.4 Å². The second-order valence-electron chi connectivity index (χ2n) is 4.22. The van der Waals surface area contributed by atoms with Gasteiger partial charge in [0.05, 0.1) is 0 Å². The minimum absolute atomic E-state index is 0.0513. The van der Waals surface area contributed by atoms with Gasteiger partial charge in [0.1, 0.15) is 11.9 Å². The Labute approximate surface area is 113 Å². The number of aliphatic hydroxyl groups is 1. The Balaban J connectivity index is 2.37. The van der Waals surface area contributed by atoms with Gasteiger partial charge in [0.15, 0.2) is 0 Å². The van der Waals surface area contributed by atoms with Gasteiger partial charge >= 0.3 is 6.36 Å². The Kier molecular flexibility index (Phi) is 3.94. The number of nitrogens with zero attached hydrogens (tertiary/aromatic N) is 1. The van der Waals surface area contributed by atoms with Crippen LogP contribution in [0.1, 0.15) is 22.9 Å². The zero-order chi connectivity index (χ0) is 14.8. The molecular formula is C14H12F3NO2. The number of benzene rings is 1. The monoisotopic (exact) mass is 283 g/mol. The third kappa shape index (κ3) is 3.48. The molecule has 1 aromatic carbocycles. The fourth-order valence-electron chi connectivity index (χ4n) is 1.84. The number of aliphatic hydroxyl groups excluding tert-OH is 1. The number of halogens is 3. The Morgan fingerprint density at radius 1 is 1.20 bits per heavy atom. The van der Waals surface area contributed by atoms with Crippen molar-refractivity contribution in [3.8, 4) is 5.75 Å². The van der Waals surface area contributed by atoms with Crippen molar-refractivity contribution in [1.29, 1.82) is 0 Å². The number of para-hydroxylation sites is 1. The van der Waals surface area contributed by atoms with Crippen molar-refractivity contribution in [3.63, 3.8) is 0 Å². The lowest BCUT2D eigenvalue weighted by Gasteiger charge is -2.17. The highest BCUT2D eigenvalue weighted by Crippen LogP contribution is 2.33. The normalized spacial score (nSPS) is 13.1. The summed E-state index contributed by atoms with van der Waals surface area (Å²) in [5.74, 6) is -0.415. The van der Waals surface area contributed by atoms with Crippen molar-refractivity contribution < 1.29 is 23.0 Å². The molecular weight excluding hydrogens is 271 g/mol. The van der Waals surface area contributed by atoms with Crippen molar-refractivity contribution in [1.82, 2.24) is 4.98 Å². The summed E-state index contributed by atoms with van der Waals surface area (Å²) in [6, 6.07) is 8.66. The molecule has 1 N–H and O–H groups in total. The molecule has 1 heterocycles. The van der Waals surface area contributed by atoms with E-state index in [4.69, 9.17) is 0 Å². The van der Waals surface area contributed by atoms with Gasteiger partial charge in [0.2, 0.25) is 0 Å². The number of hydrogen-bond acceptors (Lipinski definition) is 3. The van der Waals surface area contributed by atoms with E-state index < -0.39 is 18.2 Å². The summed E-state index contributed by atoms with van der Waals surface area (Å²) < 4.78 is 40.9. The zero-order valence-corrected chi connectivity index (χ0v) is 10.6. The molecule has 0 saturated carbocycles. The minimum atomic E-state index is -4.80. The summed E-state index contributed by atoms with van der Waals surface area (Å²) in [5.41, 5.74) is 1.17. The second-order valence-corrected chi connectivity index (χ2v) is 4.22. The molecule has 106 valence electrons. The van der Waals surface area contributed by atoms with Gasteiger partial charge in [-0.1, -0.05) is 18.2 Å². The first-order chi connectivity index (χ1) is 9.37. The van der Waals surface area contributed by atoms with E-state index in [-0.39, 0.29) is 5.56 Å². The fraction of sp³-hybridized carbons (Fsp3) is 0.214. The Hall–Kier alpha value is -2.08. The lowest BCUT2D eigenvalue weighted by atomic mass is 10.0. The lowest BCUT2D eigenvalue weighted by Crippen LogP contribution is -2.18. The van der Waals surface area contributed by atoms with E-state index in [2.05, 4.69) is 9.72 Å². The quantitative estimate of drug-likeness (QED) is 0.939. The maximum Gasteiger partial charge on any atom is 0.573 e. The van der Waals surface area contributed by atoms with Gasteiger partial charge in [-0.2, -0.15) is 0 Å². The summed E-state index contributed by atoms with van der Waals surface area (Å²) >= 11 is 0. The number of ether oxygens (including phenoxy) is 1. The molecule has 1 unspecified atom stereocenters. The topological polar surface area (TPSA) is 42.4 Å². The van der Waals surface area contributed by atoms with Crippen LogP contribution in [0.3, 0.4) is 0 Å². The highest BCUT2D eigenvalue weighted by molar-refractivity contribution is 5.40. The van der Waals surface area contributed by atoms with Crippen molar-refractivity contribution in [2.75, 3.05) is 0 Å². The fourth-order valence-corrected chi connectivity index (χ4v) is 1.84. The Bertz CT molecular complexity index is 599. The molecule has 0 saturated heterocycles. The summed E-state index contributed by atoms with van der Waals surface area (Å²) in [6.45, 7) is 1.73. The summed E-state index contributed by atoms with van der Waals surface area (Å²) in [4.78, 5) is 3.98. The standard InChI is InChI=1S/C14H12F3NO2/c1-9-8-10(6-7-18-9)13(19)11-4-2-3-5-12(11)20-14(15,16)17/h2-8,13,19H,1H3. The van der Waals surface area contributed by atoms with E-state index in [9.17, 15) is 18.3 Å². The predicted molar refractivity (Wildman–Crippen MR) is 66.2 cm³/mol. The van der Waals surface area contributed by atoms with E-state index in [0.717, 1.165) is 0 Å². The molecule has 0 spiro atoms. The largest absolute Gasteiger partial charge is 0.573 e. The number of hydrogen-bond donors (Lipinski definition) is 1. The first kappa shape index (κ1) is 14.3. The van der Waals surface area contributed by atoms with Gasteiger partial charge < -0.3 is 9.84 Å². The van der Waals surface area contributed by atoms with Crippen LogP contribution in [0, 0.1) is 6.92 Å². The molecule has 0 aliphatic rings. The van der Waals surface area contributed by atoms with Crippen LogP contribution in [0.5, 0.6) is 5.75 Å². The average Bonchev–Trinajstić information content (AvgIpc) is 2.37. The molecule has 2 aromatic rings. The van der Waals surface area contributed by atoms with Gasteiger partial charge in [0, 0.05) is 17.5 Å². The minimum Gasteiger partial charge on any atom is -0.405 e. The van der Waals surface area contributed by atoms with Gasteiger partial charge in [-0.15, -0.1) is 13.2 Å². The second kappa shape index (κ2) is 5.50. The van der Waals surface area contributed by atoms with Crippen LogP contribution in [0.25, 0.3) is 0 Å². The number of aryl methyl sites for hydroxylation is 1. The van der Waals surface area contributed by atoms with Crippen molar-refractivity contribution in [3.05, 3.63) is 59.4 Å². The SMILES string of the molecule is Cc1cc(C(O)c2ccccc2OC(F)(F)F)ccn1. The van der Waals surface area contributed by atoms with Crippen LogP contribution >= 0.6 is 0 Å². The molecule has 6 heteroatoms. The van der Waals surface area contributed by atoms with E-state index in [0.29, 0.717) is 11.3 Å². The van der Waals surface area contributed by atoms with E-state index in [1.807, 2.05) is 0 Å². The maximum atomic E-state index is 12.3. The third-order valence-electron chi connectivity index (χ3n) is 2.68. The Morgan fingerprint density at radius 2 is 1.90 bits per heavy atom. The van der Waals surface area contributed by atoms with E-state index in [1.54, 1.807) is 19.1 Å². The van der Waals surface area contributed by atoms with Gasteiger partial charge in [0.25, 0.3) is 0 Å². The molecule has 0 aliphatic heterocycles. The molecule has 0 radical (unpaired) electrons. The van der Waals surface area contributed by atoms with Gasteiger partial charge in [-0.3, -0.25) is 4.98 Å². The molecule has 2 rings (SSSR count). The smallest absolute Gasteiger partial charge is 0.405 e. The molecule has 20 heavy (non-hydrogen) atoms. The molecule has 1 aromatic heterocycles. The van der Waals surface area contributed by atoms with Gasteiger partial charge in [-0.25, -0.2) is 0 Å². The highest BCUT2D eigenvalue weighted by atomic mass is 19.4. The van der Waals surface area contributed by atoms with E-state index in [1.165, 1.54) is 30.5 Å². The van der Waals surface area contributed by atoms with Crippen LogP contribution in [-0.2, 0) is 0 Å². The predicted octanol–water partition coefficient (Wildman–Crippen LogP) is 3.37. The van der Waals surface area contributed by atoms with Crippen LogP contribution in [0.15, 0.2) is 42.6 Å². The highest BCUT2D eigenvalue weighted by Gasteiger charge is 2.32. The molecule has 3 nitrogen and oxygen atoms in total. The van der Waals surface area contributed by atoms with Gasteiger partial charge in [-0.05, 0) is 30.7 Å². The van der Waals surface area contributed by atoms with Crippen molar-refractivity contribution >= 4 is 0 Å². The molecule has 0 fully saturated rings. The first-order valence-electron chi connectivity index (χ1n) is 5.82. The number of alkyl halides is 3. The number of rotatable bonds is 3. The third-order valence-corrected chi connectivity index (χ3v) is 2.68. The summed E-state index contributed by atoms with van der Waals surface area (Å²) in [5, 5.41) is 10.2. The molecule has 1 atom stereocenters. The lowest BCUT2D eigenvalue weighted by molar-refractivity contribution is -0.275. The maximum absolute atomic E-state index is 12.3. The Morgan fingerprint density at radius 3 is 2.55 bits per heavy atom. The van der Waals surface area contributed by atoms with Crippen LogP contribution < -0.4 is 4.74 Å². The molecule has 0 amide bonds. The number of pyridine rings is 1. The summed E-state index contributed by atoms with van der Waals surface area (Å²) in [6.07, 6.45) is -4.53. The van der Waals surface area contributed by atoms with E-state index >= 15 is 0 Å². The van der Waals surface area contributed by atoms with Crippen molar-refractivity contribution in [2.24, 2.45) is 0 Å². The van der Waals surface area contributed by atoms with Crippen LogP contribution in [-0.4, -0.2) is 16.5 Å². The summed E-state index contributed by atoms with van der Waals surface area (Å²) in [7, 11) is 0. The van der Waals surface area contributed by atoms with Crippen LogP contribution in [0.4, 0.5) is 13.2 Å².